The Balaban J connectivity index is 2.34. The van der Waals surface area contributed by atoms with E-state index >= 15 is 0 Å². The number of aromatic nitrogens is 2. The summed E-state index contributed by atoms with van der Waals surface area (Å²) in [6.45, 7) is 3.90. The lowest BCUT2D eigenvalue weighted by Gasteiger charge is -2.08. The van der Waals surface area contributed by atoms with Crippen molar-refractivity contribution in [3.8, 4) is 5.69 Å². The fraction of sp³-hybridized carbons (Fsp3) is 0.286. The standard InChI is InChI=1S/C14H15ClN2O2/c1-9-3-4-11(15)7-13(9)17-8-12(16-10(17)2)5-6-14(18)19/h3-4,7-8H,5-6H2,1-2H3,(H,18,19). The first-order valence-corrected chi connectivity index (χ1v) is 6.38. The fourth-order valence-electron chi connectivity index (χ4n) is 1.97. The highest BCUT2D eigenvalue weighted by Crippen LogP contribution is 2.21. The van der Waals surface area contributed by atoms with Gasteiger partial charge in [-0.2, -0.15) is 0 Å². The van der Waals surface area contributed by atoms with Crippen LogP contribution in [0.1, 0.15) is 23.5 Å². The maximum absolute atomic E-state index is 10.6. The van der Waals surface area contributed by atoms with Crippen LogP contribution >= 0.6 is 11.6 Å². The number of carboxylic acids is 1. The van der Waals surface area contributed by atoms with Crippen LogP contribution in [0.2, 0.25) is 5.02 Å². The molecule has 0 fully saturated rings. The molecule has 0 aliphatic rings. The summed E-state index contributed by atoms with van der Waals surface area (Å²) in [7, 11) is 0. The number of hydrogen-bond acceptors (Lipinski definition) is 2. The second-order valence-electron chi connectivity index (χ2n) is 4.47. The van der Waals surface area contributed by atoms with Crippen molar-refractivity contribution in [2.75, 3.05) is 0 Å². The third-order valence-electron chi connectivity index (χ3n) is 2.96. The molecule has 0 aliphatic carbocycles. The van der Waals surface area contributed by atoms with Gasteiger partial charge in [0.2, 0.25) is 0 Å². The number of nitrogens with zero attached hydrogens (tertiary/aromatic N) is 2. The summed E-state index contributed by atoms with van der Waals surface area (Å²) in [5.41, 5.74) is 2.84. The van der Waals surface area contributed by atoms with Crippen LogP contribution in [0, 0.1) is 13.8 Å². The third-order valence-corrected chi connectivity index (χ3v) is 3.19. The number of aliphatic carboxylic acids is 1. The number of hydrogen-bond donors (Lipinski definition) is 1. The zero-order valence-electron chi connectivity index (χ0n) is 10.9. The van der Waals surface area contributed by atoms with E-state index < -0.39 is 5.97 Å². The van der Waals surface area contributed by atoms with Crippen LogP contribution in [0.4, 0.5) is 0 Å². The number of benzene rings is 1. The first kappa shape index (κ1) is 13.6. The molecule has 5 heteroatoms. The van der Waals surface area contributed by atoms with Gasteiger partial charge < -0.3 is 9.67 Å². The van der Waals surface area contributed by atoms with Crippen LogP contribution in [0.25, 0.3) is 5.69 Å². The Morgan fingerprint density at radius 3 is 2.84 bits per heavy atom. The molecule has 0 saturated heterocycles. The first-order chi connectivity index (χ1) is 8.97. The number of carbonyl (C=O) groups is 1. The van der Waals surface area contributed by atoms with E-state index in [9.17, 15) is 4.79 Å². The Hall–Kier alpha value is -1.81. The summed E-state index contributed by atoms with van der Waals surface area (Å²) in [6, 6.07) is 5.68. The Morgan fingerprint density at radius 1 is 1.42 bits per heavy atom. The molecule has 100 valence electrons. The molecule has 0 spiro atoms. The number of halogens is 1. The molecule has 1 heterocycles. The topological polar surface area (TPSA) is 55.1 Å². The molecule has 0 unspecified atom stereocenters. The molecule has 1 aromatic heterocycles. The Morgan fingerprint density at radius 2 is 2.16 bits per heavy atom. The number of aryl methyl sites for hydroxylation is 3. The van der Waals surface area contributed by atoms with Crippen LogP contribution < -0.4 is 0 Å². The van der Waals surface area contributed by atoms with Gasteiger partial charge in [0, 0.05) is 17.6 Å². The minimum atomic E-state index is -0.814. The maximum atomic E-state index is 10.6. The van der Waals surface area contributed by atoms with Crippen molar-refractivity contribution in [1.82, 2.24) is 9.55 Å². The predicted molar refractivity (Wildman–Crippen MR) is 74.0 cm³/mol. The van der Waals surface area contributed by atoms with Gasteiger partial charge in [-0.15, -0.1) is 0 Å². The Kier molecular flexibility index (Phi) is 3.90. The second-order valence-corrected chi connectivity index (χ2v) is 4.91. The molecule has 1 N–H and O–H groups in total. The van der Waals surface area contributed by atoms with Crippen LogP contribution in [0.15, 0.2) is 24.4 Å². The largest absolute Gasteiger partial charge is 0.481 e. The molecule has 1 aromatic carbocycles. The third kappa shape index (κ3) is 3.15. The van der Waals surface area contributed by atoms with Gasteiger partial charge in [-0.05, 0) is 31.5 Å². The molecular weight excluding hydrogens is 264 g/mol. The van der Waals surface area contributed by atoms with E-state index in [1.165, 1.54) is 0 Å². The molecule has 4 nitrogen and oxygen atoms in total. The predicted octanol–water partition coefficient (Wildman–Crippen LogP) is 3.16. The van der Waals surface area contributed by atoms with Crippen molar-refractivity contribution < 1.29 is 9.90 Å². The highest BCUT2D eigenvalue weighted by Gasteiger charge is 2.09. The summed E-state index contributed by atoms with van der Waals surface area (Å²) in [5.74, 6) is 0.0110. The summed E-state index contributed by atoms with van der Waals surface area (Å²) in [6.07, 6.45) is 2.39. The molecule has 0 radical (unpaired) electrons. The van der Waals surface area contributed by atoms with Gasteiger partial charge >= 0.3 is 5.97 Å². The average molecular weight is 279 g/mol. The van der Waals surface area contributed by atoms with Crippen molar-refractivity contribution >= 4 is 17.6 Å². The highest BCUT2D eigenvalue weighted by atomic mass is 35.5. The normalized spacial score (nSPS) is 10.7. The van der Waals surface area contributed by atoms with Gasteiger partial charge in [0.25, 0.3) is 0 Å². The van der Waals surface area contributed by atoms with E-state index in [0.29, 0.717) is 11.4 Å². The molecule has 0 aliphatic heterocycles. The molecule has 0 saturated carbocycles. The summed E-state index contributed by atoms with van der Waals surface area (Å²) in [4.78, 5) is 15.0. The quantitative estimate of drug-likeness (QED) is 0.935. The van der Waals surface area contributed by atoms with Gasteiger partial charge in [0.1, 0.15) is 5.82 Å². The average Bonchev–Trinajstić information content (AvgIpc) is 2.71. The lowest BCUT2D eigenvalue weighted by Crippen LogP contribution is -1.98. The lowest BCUT2D eigenvalue weighted by atomic mass is 10.2. The molecular formula is C14H15ClN2O2. The number of carboxylic acid groups (broad SMARTS) is 1. The van der Waals surface area contributed by atoms with Gasteiger partial charge in [0.15, 0.2) is 0 Å². The summed E-state index contributed by atoms with van der Waals surface area (Å²) >= 11 is 6.02. The summed E-state index contributed by atoms with van der Waals surface area (Å²) < 4.78 is 1.94. The minimum Gasteiger partial charge on any atom is -0.481 e. The van der Waals surface area contributed by atoms with E-state index in [1.54, 1.807) is 0 Å². The van der Waals surface area contributed by atoms with Crippen LogP contribution in [-0.2, 0) is 11.2 Å². The zero-order valence-corrected chi connectivity index (χ0v) is 11.6. The van der Waals surface area contributed by atoms with Crippen molar-refractivity contribution in [2.45, 2.75) is 26.7 Å². The molecule has 0 amide bonds. The van der Waals surface area contributed by atoms with Crippen LogP contribution in [-0.4, -0.2) is 20.6 Å². The van der Waals surface area contributed by atoms with Crippen molar-refractivity contribution in [3.05, 3.63) is 46.5 Å². The van der Waals surface area contributed by atoms with Crippen LogP contribution in [0.5, 0.6) is 0 Å². The van der Waals surface area contributed by atoms with Gasteiger partial charge in [-0.25, -0.2) is 4.98 Å². The lowest BCUT2D eigenvalue weighted by molar-refractivity contribution is -0.136. The molecule has 2 aromatic rings. The molecule has 0 atom stereocenters. The first-order valence-electron chi connectivity index (χ1n) is 6.00. The fourth-order valence-corrected chi connectivity index (χ4v) is 2.14. The van der Waals surface area contributed by atoms with E-state index in [1.807, 2.05) is 42.8 Å². The van der Waals surface area contributed by atoms with Crippen molar-refractivity contribution in [2.24, 2.45) is 0 Å². The molecule has 0 bridgehead atoms. The highest BCUT2D eigenvalue weighted by molar-refractivity contribution is 6.30. The van der Waals surface area contributed by atoms with Gasteiger partial charge in [-0.3, -0.25) is 4.79 Å². The smallest absolute Gasteiger partial charge is 0.303 e. The maximum Gasteiger partial charge on any atom is 0.303 e. The summed E-state index contributed by atoms with van der Waals surface area (Å²) in [5, 5.41) is 9.36. The van der Waals surface area contributed by atoms with E-state index in [2.05, 4.69) is 4.98 Å². The SMILES string of the molecule is Cc1ccc(Cl)cc1-n1cc(CCC(=O)O)nc1C. The zero-order chi connectivity index (χ0) is 14.0. The van der Waals surface area contributed by atoms with Crippen molar-refractivity contribution in [1.29, 1.82) is 0 Å². The van der Waals surface area contributed by atoms with Crippen LogP contribution in [0.3, 0.4) is 0 Å². The number of rotatable bonds is 4. The monoisotopic (exact) mass is 278 g/mol. The van der Waals surface area contributed by atoms with E-state index in [0.717, 1.165) is 22.8 Å². The molecule has 2 rings (SSSR count). The molecule has 19 heavy (non-hydrogen) atoms. The van der Waals surface area contributed by atoms with Gasteiger partial charge in [-0.1, -0.05) is 17.7 Å². The minimum absolute atomic E-state index is 0.0883. The Bertz CT molecular complexity index is 620. The van der Waals surface area contributed by atoms with Gasteiger partial charge in [0.05, 0.1) is 17.8 Å². The van der Waals surface area contributed by atoms with E-state index in [4.69, 9.17) is 16.7 Å². The second kappa shape index (κ2) is 5.45. The Labute approximate surface area is 116 Å². The van der Waals surface area contributed by atoms with Crippen molar-refractivity contribution in [3.63, 3.8) is 0 Å². The number of imidazole rings is 1. The van der Waals surface area contributed by atoms with E-state index in [-0.39, 0.29) is 6.42 Å².